The summed E-state index contributed by atoms with van der Waals surface area (Å²) in [6, 6.07) is 0. The van der Waals surface area contributed by atoms with Gasteiger partial charge in [0, 0.05) is 27.0 Å². The van der Waals surface area contributed by atoms with Crippen LogP contribution in [0.3, 0.4) is 0 Å². The Hall–Kier alpha value is 0.409. The number of aliphatic carboxylic acids is 1. The molecule has 0 aromatic rings. The Morgan fingerprint density at radius 3 is 1.67 bits per heavy atom. The van der Waals surface area contributed by atoms with Gasteiger partial charge < -0.3 is 5.11 Å². The first-order valence-electron chi connectivity index (χ1n) is 0.928. The molecule has 0 saturated carbocycles. The van der Waals surface area contributed by atoms with Crippen molar-refractivity contribution in [2.24, 2.45) is 0 Å². The first-order valence-corrected chi connectivity index (χ1v) is 0.928. The van der Waals surface area contributed by atoms with Gasteiger partial charge >= 0.3 is 0 Å². The summed E-state index contributed by atoms with van der Waals surface area (Å²) in [4.78, 5) is 9.00. The molecule has 0 spiro atoms. The molecule has 0 saturated heterocycles. The molecule has 0 aliphatic heterocycles. The molecule has 2 nitrogen and oxygen atoms in total. The predicted molar refractivity (Wildman–Crippen MR) is 20.6 cm³/mol. The second-order valence-electron chi connectivity index (χ2n) is 0.519. The minimum absolute atomic E-state index is 0. The van der Waals surface area contributed by atoms with E-state index in [0.29, 0.717) is 0 Å². The van der Waals surface area contributed by atoms with E-state index in [1.165, 1.54) is 0 Å². The van der Waals surface area contributed by atoms with Crippen LogP contribution in [0.25, 0.3) is 0 Å². The van der Waals surface area contributed by atoms with Crippen molar-refractivity contribution < 1.29 is 30.0 Å². The molecule has 0 amide bonds. The van der Waals surface area contributed by atoms with Gasteiger partial charge in [-0.2, -0.15) is 0 Å². The molecule has 0 aromatic carbocycles. The summed E-state index contributed by atoms with van der Waals surface area (Å²) in [5, 5.41) is 7.42. The molecule has 0 aliphatic carbocycles. The summed E-state index contributed by atoms with van der Waals surface area (Å²) in [6.07, 6.45) is 0. The smallest absolute Gasteiger partial charge is 0.300 e. The van der Waals surface area contributed by atoms with Gasteiger partial charge in [-0.25, -0.2) is 0 Å². The summed E-state index contributed by atoms with van der Waals surface area (Å²) in [5.74, 6) is -0.833. The minimum atomic E-state index is -0.833. The number of hydrogen-bond acceptors (Lipinski definition) is 1. The zero-order valence-corrected chi connectivity index (χ0v) is 6.31. The third kappa shape index (κ3) is 306. The number of carbonyl (C=O) groups is 1. The molecule has 0 aliphatic rings. The van der Waals surface area contributed by atoms with Crippen molar-refractivity contribution in [3.05, 3.63) is 0 Å². The molecular formula is C2H5ClIrO2. The van der Waals surface area contributed by atoms with Crippen LogP contribution in [-0.4, -0.2) is 11.1 Å². The van der Waals surface area contributed by atoms with Crippen molar-refractivity contribution in [2.75, 3.05) is 0 Å². The van der Waals surface area contributed by atoms with Gasteiger partial charge in [0.25, 0.3) is 5.97 Å². The Labute approximate surface area is 55.7 Å². The van der Waals surface area contributed by atoms with Crippen molar-refractivity contribution in [2.45, 2.75) is 6.92 Å². The molecule has 0 heterocycles. The Kier molecular flexibility index (Phi) is 24.3. The third-order valence-corrected chi connectivity index (χ3v) is 0. The molecule has 41 valence electrons. The molecule has 4 heteroatoms. The topological polar surface area (TPSA) is 37.3 Å². The molecule has 0 aromatic heterocycles. The number of carboxylic acids is 1. The number of hydrogen-bond donors (Lipinski definition) is 1. The van der Waals surface area contributed by atoms with Gasteiger partial charge in [0.05, 0.1) is 0 Å². The predicted octanol–water partition coefficient (Wildman–Crippen LogP) is 0.510. The Morgan fingerprint density at radius 2 is 1.67 bits per heavy atom. The largest absolute Gasteiger partial charge is 0.481 e. The third-order valence-electron chi connectivity index (χ3n) is 0. The van der Waals surface area contributed by atoms with Crippen LogP contribution in [0.1, 0.15) is 6.92 Å². The molecular weight excluding hydrogens is 284 g/mol. The fourth-order valence-corrected chi connectivity index (χ4v) is 0. The van der Waals surface area contributed by atoms with Gasteiger partial charge in [-0.1, -0.05) is 0 Å². The zero-order valence-electron chi connectivity index (χ0n) is 3.10. The standard InChI is InChI=1S/C2H4O2.ClH.Ir/c1-2(3)4;;/h1H3,(H,3,4);1H;. The van der Waals surface area contributed by atoms with Gasteiger partial charge in [0.2, 0.25) is 0 Å². The summed E-state index contributed by atoms with van der Waals surface area (Å²) in [6.45, 7) is 1.08. The van der Waals surface area contributed by atoms with Crippen LogP contribution < -0.4 is 0 Å². The number of rotatable bonds is 0. The van der Waals surface area contributed by atoms with Crippen molar-refractivity contribution in [1.82, 2.24) is 0 Å². The summed E-state index contributed by atoms with van der Waals surface area (Å²) < 4.78 is 0. The second kappa shape index (κ2) is 9.05. The molecule has 0 atom stereocenters. The first kappa shape index (κ1) is 16.1. The summed E-state index contributed by atoms with van der Waals surface area (Å²) in [7, 11) is 0. The maximum absolute atomic E-state index is 9.00. The van der Waals surface area contributed by atoms with E-state index < -0.39 is 5.97 Å². The fourth-order valence-electron chi connectivity index (χ4n) is 0. The Bertz CT molecular complexity index is 34.5. The Balaban J connectivity index is -0.0000000450. The summed E-state index contributed by atoms with van der Waals surface area (Å²) >= 11 is 0. The van der Waals surface area contributed by atoms with E-state index in [4.69, 9.17) is 9.90 Å². The van der Waals surface area contributed by atoms with Gasteiger partial charge in [-0.15, -0.1) is 12.4 Å². The van der Waals surface area contributed by atoms with E-state index in [1.54, 1.807) is 0 Å². The van der Waals surface area contributed by atoms with Gasteiger partial charge in [-0.05, 0) is 0 Å². The quantitative estimate of drug-likeness (QED) is 0.705. The monoisotopic (exact) mass is 289 g/mol. The van der Waals surface area contributed by atoms with Crippen LogP contribution in [0.15, 0.2) is 0 Å². The average molecular weight is 289 g/mol. The van der Waals surface area contributed by atoms with Crippen LogP contribution in [-0.2, 0) is 24.9 Å². The first-order chi connectivity index (χ1) is 1.73. The van der Waals surface area contributed by atoms with E-state index in [2.05, 4.69) is 0 Å². The van der Waals surface area contributed by atoms with E-state index >= 15 is 0 Å². The Morgan fingerprint density at radius 1 is 1.67 bits per heavy atom. The maximum atomic E-state index is 9.00. The van der Waals surface area contributed by atoms with Crippen molar-refractivity contribution in [1.29, 1.82) is 0 Å². The van der Waals surface area contributed by atoms with Crippen LogP contribution in [0, 0.1) is 0 Å². The van der Waals surface area contributed by atoms with E-state index in [-0.39, 0.29) is 32.5 Å². The van der Waals surface area contributed by atoms with E-state index in [9.17, 15) is 0 Å². The number of halogens is 1. The SMILES string of the molecule is CC(=O)O.Cl.[Ir]. The molecule has 0 unspecified atom stereocenters. The van der Waals surface area contributed by atoms with Crippen LogP contribution in [0.4, 0.5) is 0 Å². The molecule has 1 radical (unpaired) electrons. The molecule has 0 fully saturated rings. The molecule has 1 N–H and O–H groups in total. The molecule has 0 rings (SSSR count). The van der Waals surface area contributed by atoms with Crippen molar-refractivity contribution in [3.63, 3.8) is 0 Å². The summed E-state index contributed by atoms with van der Waals surface area (Å²) in [5.41, 5.74) is 0. The fraction of sp³-hybridized carbons (Fsp3) is 0.500. The number of carboxylic acid groups (broad SMARTS) is 1. The van der Waals surface area contributed by atoms with E-state index in [1.807, 2.05) is 0 Å². The van der Waals surface area contributed by atoms with Crippen molar-refractivity contribution in [3.8, 4) is 0 Å². The second-order valence-corrected chi connectivity index (χ2v) is 0.519. The van der Waals surface area contributed by atoms with Gasteiger partial charge in [-0.3, -0.25) is 4.79 Å². The molecule has 6 heavy (non-hydrogen) atoms. The normalized spacial score (nSPS) is 4.17. The average Bonchev–Trinajstić information content (AvgIpc) is 0.811. The van der Waals surface area contributed by atoms with Crippen LogP contribution >= 0.6 is 12.4 Å². The maximum Gasteiger partial charge on any atom is 0.300 e. The minimum Gasteiger partial charge on any atom is -0.481 e. The van der Waals surface area contributed by atoms with Gasteiger partial charge in [0.1, 0.15) is 0 Å². The van der Waals surface area contributed by atoms with Gasteiger partial charge in [0.15, 0.2) is 0 Å². The van der Waals surface area contributed by atoms with E-state index in [0.717, 1.165) is 6.92 Å². The van der Waals surface area contributed by atoms with Crippen LogP contribution in [0.5, 0.6) is 0 Å². The molecule has 0 bridgehead atoms. The van der Waals surface area contributed by atoms with Crippen molar-refractivity contribution >= 4 is 18.4 Å². The van der Waals surface area contributed by atoms with Crippen LogP contribution in [0.2, 0.25) is 0 Å². The zero-order chi connectivity index (χ0) is 3.58.